The predicted molar refractivity (Wildman–Crippen MR) is 239 cm³/mol. The van der Waals surface area contributed by atoms with Crippen molar-refractivity contribution in [3.05, 3.63) is 0 Å². The van der Waals surface area contributed by atoms with Gasteiger partial charge in [0.15, 0.2) is 0 Å². The molecule has 0 saturated carbocycles. The van der Waals surface area contributed by atoms with Gasteiger partial charge in [0.1, 0.15) is 41.4 Å². The molecule has 0 aromatic rings. The second-order valence-corrected chi connectivity index (χ2v) is 20.7. The molecule has 0 aromatic carbocycles. The molecule has 2 amide bonds. The second-order valence-electron chi connectivity index (χ2n) is 18.2. The fraction of sp³-hybridized carbons (Fsp3) is 0.933. The summed E-state index contributed by atoms with van der Waals surface area (Å²) in [5.74, 6) is 2.24. The van der Waals surface area contributed by atoms with Crippen molar-refractivity contribution in [2.45, 2.75) is 245 Å². The second kappa shape index (κ2) is 30.2. The van der Waals surface area contributed by atoms with Crippen LogP contribution in [-0.2, 0) is 14.3 Å². The topological polar surface area (TPSA) is 226 Å². The molecule has 3 aliphatic rings. The van der Waals surface area contributed by atoms with E-state index in [1.54, 1.807) is 0 Å². The summed E-state index contributed by atoms with van der Waals surface area (Å²) in [5.41, 5.74) is -1.49. The highest BCUT2D eigenvalue weighted by molar-refractivity contribution is 8.00. The van der Waals surface area contributed by atoms with Crippen LogP contribution in [0.4, 0.5) is 4.79 Å². The van der Waals surface area contributed by atoms with Gasteiger partial charge in [-0.05, 0) is 96.1 Å². The number of fused-ring (bicyclic) bond motifs is 1. The molecule has 11 atom stereocenters. The Morgan fingerprint density at radius 2 is 1.22 bits per heavy atom. The molecular formula is C45H82N2O11S2. The number of ketones is 2. The highest BCUT2D eigenvalue weighted by Gasteiger charge is 2.44. The summed E-state index contributed by atoms with van der Waals surface area (Å²) < 4.78 is 5.53. The van der Waals surface area contributed by atoms with Gasteiger partial charge >= 0.3 is 6.03 Å². The molecule has 15 heteroatoms. The Kier molecular flexibility index (Phi) is 26.8. The van der Waals surface area contributed by atoms with E-state index in [9.17, 15) is 50.1 Å². The van der Waals surface area contributed by atoms with Gasteiger partial charge in [0.25, 0.3) is 0 Å². The number of hydrogen-bond donors (Lipinski definition) is 9. The standard InChI is InChI=1S/C45H82N2O11S2/c1-45(57,28-16-17-29-59-43-42(55)41(54)40(53)37(30-48)58-43)27-15-5-12-24-34(51)22-10-3-8-20-32(49)18-6-2-7-19-33(50)21-9-4-11-23-35(52)25-13-14-26-38-39-36(31-60-38)46-44(56)47-39/h32,34,36-43,48-49,51,53-55,57H,2-31H2,1H3,(H2,46,47,56). The summed E-state index contributed by atoms with van der Waals surface area (Å²) in [5, 5.41) is 77.4. The van der Waals surface area contributed by atoms with Crippen molar-refractivity contribution in [2.24, 2.45) is 0 Å². The quantitative estimate of drug-likeness (QED) is 0.0267. The van der Waals surface area contributed by atoms with Gasteiger partial charge < -0.3 is 51.1 Å². The number of urea groups is 1. The Labute approximate surface area is 368 Å². The summed E-state index contributed by atoms with van der Waals surface area (Å²) in [6.07, 6.45) is 16.9. The van der Waals surface area contributed by atoms with Gasteiger partial charge in [-0.3, -0.25) is 9.59 Å². The Morgan fingerprint density at radius 3 is 1.78 bits per heavy atom. The number of aliphatic hydroxyl groups is 7. The van der Waals surface area contributed by atoms with Crippen molar-refractivity contribution < 1.29 is 54.9 Å². The van der Waals surface area contributed by atoms with Crippen LogP contribution in [-0.4, -0.2) is 136 Å². The van der Waals surface area contributed by atoms with Crippen molar-refractivity contribution in [3.63, 3.8) is 0 Å². The maximum Gasteiger partial charge on any atom is 0.315 e. The number of rotatable bonds is 36. The van der Waals surface area contributed by atoms with Crippen molar-refractivity contribution in [1.82, 2.24) is 10.6 Å². The lowest BCUT2D eigenvalue weighted by atomic mass is 9.92. The van der Waals surface area contributed by atoms with Crippen molar-refractivity contribution in [2.75, 3.05) is 18.1 Å². The summed E-state index contributed by atoms with van der Waals surface area (Å²) in [7, 11) is 0. The summed E-state index contributed by atoms with van der Waals surface area (Å²) >= 11 is 3.25. The number of carbonyl (C=O) groups is 3. The lowest BCUT2D eigenvalue weighted by Crippen LogP contribution is -2.57. The van der Waals surface area contributed by atoms with Crippen molar-refractivity contribution in [1.29, 1.82) is 0 Å². The number of nitrogens with one attached hydrogen (secondary N) is 2. The van der Waals surface area contributed by atoms with Gasteiger partial charge in [-0.25, -0.2) is 4.79 Å². The van der Waals surface area contributed by atoms with E-state index in [-0.39, 0.29) is 30.3 Å². The number of carbonyl (C=O) groups excluding carboxylic acids is 3. The molecule has 0 aliphatic carbocycles. The number of aliphatic hydroxyl groups excluding tert-OH is 6. The molecule has 9 N–H and O–H groups in total. The van der Waals surface area contributed by atoms with E-state index in [0.717, 1.165) is 141 Å². The zero-order valence-electron chi connectivity index (χ0n) is 36.6. The van der Waals surface area contributed by atoms with Crippen LogP contribution in [0.15, 0.2) is 0 Å². The first-order valence-electron chi connectivity index (χ1n) is 23.5. The Bertz CT molecular complexity index is 1200. The molecule has 11 unspecified atom stereocenters. The average molecular weight is 891 g/mol. The van der Waals surface area contributed by atoms with Gasteiger partial charge in [0.2, 0.25) is 0 Å². The van der Waals surface area contributed by atoms with Crippen LogP contribution < -0.4 is 10.6 Å². The molecule has 0 bridgehead atoms. The fourth-order valence-corrected chi connectivity index (χ4v) is 11.4. The molecule has 0 spiro atoms. The molecule has 3 aliphatic heterocycles. The lowest BCUT2D eigenvalue weighted by molar-refractivity contribution is -0.205. The van der Waals surface area contributed by atoms with Crippen LogP contribution in [0, 0.1) is 0 Å². The van der Waals surface area contributed by atoms with Gasteiger partial charge in [-0.2, -0.15) is 11.8 Å². The number of hydrogen-bond acceptors (Lipinski definition) is 13. The number of thioether (sulfide) groups is 2. The molecule has 0 aromatic heterocycles. The molecule has 3 fully saturated rings. The molecule has 0 radical (unpaired) electrons. The predicted octanol–water partition coefficient (Wildman–Crippen LogP) is 5.83. The van der Waals surface area contributed by atoms with E-state index >= 15 is 0 Å². The highest BCUT2D eigenvalue weighted by Crippen LogP contribution is 2.33. The zero-order chi connectivity index (χ0) is 43.8. The SMILES string of the molecule is CC(O)(CCCCCC(O)CCCCCC(O)CCCCCC(=O)CCCCCC(=O)CCCCC1SCC2NC(=O)NC21)CCCCSC1OC(CO)C(O)C(O)C1O. The molecule has 350 valence electrons. The lowest BCUT2D eigenvalue weighted by Gasteiger charge is -2.39. The summed E-state index contributed by atoms with van der Waals surface area (Å²) in [6.45, 7) is 1.42. The maximum atomic E-state index is 12.3. The Morgan fingerprint density at radius 1 is 0.717 bits per heavy atom. The van der Waals surface area contributed by atoms with E-state index in [2.05, 4.69) is 10.6 Å². The first-order chi connectivity index (χ1) is 28.8. The average Bonchev–Trinajstić information content (AvgIpc) is 3.77. The Balaban J connectivity index is 1.03. The third-order valence-electron chi connectivity index (χ3n) is 12.6. The monoisotopic (exact) mass is 891 g/mol. The van der Waals surface area contributed by atoms with Crippen LogP contribution in [0.1, 0.15) is 180 Å². The van der Waals surface area contributed by atoms with Gasteiger partial charge in [0, 0.05) is 36.7 Å². The maximum absolute atomic E-state index is 12.3. The fourth-order valence-electron chi connectivity index (χ4n) is 8.69. The van der Waals surface area contributed by atoms with Crippen LogP contribution >= 0.6 is 23.5 Å². The molecule has 13 nitrogen and oxygen atoms in total. The number of ether oxygens (including phenoxy) is 1. The third-order valence-corrected chi connectivity index (χ3v) is 15.4. The zero-order valence-corrected chi connectivity index (χ0v) is 38.2. The van der Waals surface area contributed by atoms with E-state index < -0.39 is 42.1 Å². The largest absolute Gasteiger partial charge is 0.394 e. The number of unbranched alkanes of at least 4 members (excludes halogenated alkanes) is 10. The number of Topliss-reactive ketones (excluding diaryl/α,β-unsaturated/α-hetero) is 2. The van der Waals surface area contributed by atoms with E-state index in [1.165, 1.54) is 11.8 Å². The number of amides is 2. The van der Waals surface area contributed by atoms with E-state index in [0.29, 0.717) is 61.1 Å². The smallest absolute Gasteiger partial charge is 0.315 e. The van der Waals surface area contributed by atoms with Gasteiger partial charge in [-0.1, -0.05) is 64.2 Å². The molecule has 3 saturated heterocycles. The van der Waals surface area contributed by atoms with Crippen LogP contribution in [0.2, 0.25) is 0 Å². The van der Waals surface area contributed by atoms with Crippen LogP contribution in [0.25, 0.3) is 0 Å². The first-order valence-corrected chi connectivity index (χ1v) is 25.6. The molecule has 3 heterocycles. The van der Waals surface area contributed by atoms with E-state index in [1.807, 2.05) is 18.7 Å². The first kappa shape index (κ1) is 53.3. The minimum absolute atomic E-state index is 0.0568. The van der Waals surface area contributed by atoms with Crippen LogP contribution in [0.3, 0.4) is 0 Å². The molecular weight excluding hydrogens is 809 g/mol. The van der Waals surface area contributed by atoms with E-state index in [4.69, 9.17) is 4.74 Å². The third kappa shape index (κ3) is 21.6. The van der Waals surface area contributed by atoms with Gasteiger partial charge in [0.05, 0.1) is 36.5 Å². The van der Waals surface area contributed by atoms with Crippen molar-refractivity contribution >= 4 is 41.1 Å². The van der Waals surface area contributed by atoms with Crippen molar-refractivity contribution in [3.8, 4) is 0 Å². The van der Waals surface area contributed by atoms with Gasteiger partial charge in [-0.15, -0.1) is 11.8 Å². The molecule has 3 rings (SSSR count). The summed E-state index contributed by atoms with van der Waals surface area (Å²) in [6, 6.07) is 0.419. The van der Waals surface area contributed by atoms with Crippen LogP contribution in [0.5, 0.6) is 0 Å². The Hall–Kier alpha value is -1.01. The highest BCUT2D eigenvalue weighted by atomic mass is 32.2. The summed E-state index contributed by atoms with van der Waals surface area (Å²) in [4.78, 5) is 36.1. The minimum Gasteiger partial charge on any atom is -0.394 e. The normalized spacial score (nSPS) is 27.2. The minimum atomic E-state index is -1.36. The molecule has 60 heavy (non-hydrogen) atoms.